The molecule has 0 aliphatic carbocycles. The molecule has 7 aromatic heterocycles. The number of H-pyrrole nitrogens is 5. The molecule has 122 heavy (non-hydrogen) atoms. The number of rotatable bonds is 22. The van der Waals surface area contributed by atoms with Gasteiger partial charge in [0, 0.05) is 116 Å². The Morgan fingerprint density at radius 2 is 1.11 bits per heavy atom. The van der Waals surface area contributed by atoms with Gasteiger partial charge in [0.1, 0.15) is 46.7 Å². The third-order valence-electron chi connectivity index (χ3n) is 21.2. The number of carboxylic acids is 1. The van der Waals surface area contributed by atoms with Crippen molar-refractivity contribution < 1.29 is 94.6 Å². The molecular formula is C94H99N12NaO14S. The first kappa shape index (κ1) is 88.8. The van der Waals surface area contributed by atoms with E-state index in [1.54, 1.807) is 33.0 Å². The van der Waals surface area contributed by atoms with Gasteiger partial charge in [0.2, 0.25) is 10.4 Å². The summed E-state index contributed by atoms with van der Waals surface area (Å²) in [5.74, 6) is 1.40. The van der Waals surface area contributed by atoms with Gasteiger partial charge in [0.15, 0.2) is 6.73 Å². The number of fused-ring (bicyclic) bond motifs is 4. The molecule has 0 spiro atoms. The summed E-state index contributed by atoms with van der Waals surface area (Å²) in [5.41, 5.74) is 24.2. The van der Waals surface area contributed by atoms with Crippen LogP contribution >= 0.6 is 0 Å². The standard InChI is InChI=1S/C26H29N3O3.C24H25N3O3.C22H25N3O5S.C22H21N3O3.Na/c1-16-11-17(2)27-19(16)13-21-24(31-6)14-20(28-21)23-12-18-9-7-8-10-22(18)29(23)15-32-25(30)26(3,4)5;1-14-17(9-10-24(28)30-4)15(2)25-19(14)12-22-23(29-3)13-21(27-22)20-11-16-7-5-6-8-18(16)26-20;1-14-10-15(2)23-17(14)12-19-22(29-3)13-18(24-19)21-11-16-6-4-5-7-20(16)25(21)8-9-30-31(26,27)28;1-13-8-14(2)23-16(13)10-18-21(28-3)11-17(24-18)20-9-15-6-4-5-7-19(15)25(20)12-22(26)27;/h7-14,27H,15H2,1-6H3;5-8,11-13,25,27H,9-10H2,1-4H3;4-7,10,12-13,21,23H,8-9,11H2,1-3H3,(H,26,27,28);4-11,23H,12H2,1-3H3,(H,26,27);/q;;;;+1/p-1/b21-13-;21-20?,22-12-;19-12-;18-10-;. The Hall–Kier alpha value is -12.5. The van der Waals surface area contributed by atoms with Crippen molar-refractivity contribution in [3.8, 4) is 5.75 Å². The van der Waals surface area contributed by atoms with Crippen molar-refractivity contribution in [3.63, 3.8) is 0 Å². The molecular weight excluding hydrogens is 1580 g/mol. The number of carbonyl (C=O) groups excluding carboxylic acids is 2. The van der Waals surface area contributed by atoms with Crippen molar-refractivity contribution in [2.45, 2.75) is 115 Å². The fraction of sp³-hybridized carbons (Fsp3) is 0.266. The molecule has 1 unspecified atom stereocenters. The largest absolute Gasteiger partial charge is 1.00 e. The number of benzene rings is 4. The molecule has 26 nitrogen and oxygen atoms in total. The third-order valence-corrected chi connectivity index (χ3v) is 21.7. The fourth-order valence-electron chi connectivity index (χ4n) is 15.3. The molecule has 0 saturated carbocycles. The zero-order chi connectivity index (χ0) is 86.3. The second-order valence-electron chi connectivity index (χ2n) is 30.9. The number of aromatic amines is 5. The predicted octanol–water partition coefficient (Wildman–Crippen LogP) is 10.5. The molecule has 16 rings (SSSR count). The van der Waals surface area contributed by atoms with Gasteiger partial charge in [-0.1, -0.05) is 72.8 Å². The van der Waals surface area contributed by atoms with E-state index in [9.17, 15) is 32.5 Å². The first-order valence-corrected chi connectivity index (χ1v) is 40.8. The van der Waals surface area contributed by atoms with E-state index in [-0.39, 0.29) is 74.0 Å². The molecule has 0 amide bonds. The molecule has 5 aliphatic rings. The number of nitrogens with one attached hydrogen (secondary N) is 5. The average molecular weight is 1680 g/mol. The summed E-state index contributed by atoms with van der Waals surface area (Å²) < 4.78 is 73.5. The van der Waals surface area contributed by atoms with E-state index in [4.69, 9.17) is 48.4 Å². The van der Waals surface area contributed by atoms with Crippen LogP contribution < -0.4 is 60.5 Å². The number of esters is 2. The van der Waals surface area contributed by atoms with E-state index in [1.165, 1.54) is 7.11 Å². The molecule has 4 aromatic carbocycles. The normalized spacial score (nSPS) is 16.1. The van der Waals surface area contributed by atoms with Gasteiger partial charge in [-0.15, -0.1) is 0 Å². The first-order chi connectivity index (χ1) is 57.9. The second kappa shape index (κ2) is 38.1. The van der Waals surface area contributed by atoms with Crippen molar-refractivity contribution in [3.05, 3.63) is 298 Å². The van der Waals surface area contributed by atoms with Gasteiger partial charge >= 0.3 is 47.5 Å². The molecule has 626 valence electrons. The predicted molar refractivity (Wildman–Crippen MR) is 470 cm³/mol. The van der Waals surface area contributed by atoms with Gasteiger partial charge < -0.3 is 77.0 Å². The van der Waals surface area contributed by atoms with Crippen LogP contribution in [0.2, 0.25) is 0 Å². The van der Waals surface area contributed by atoms with Gasteiger partial charge in [-0.3, -0.25) is 18.6 Å². The molecule has 0 saturated heterocycles. The zero-order valence-electron chi connectivity index (χ0n) is 71.6. The smallest absolute Gasteiger partial charge is 0.726 e. The van der Waals surface area contributed by atoms with Gasteiger partial charge in [0.05, 0.1) is 109 Å². The Balaban J connectivity index is 0.000000148. The monoisotopic (exact) mass is 1670 g/mol. The summed E-state index contributed by atoms with van der Waals surface area (Å²) in [5, 5.41) is 15.2. The fourth-order valence-corrected chi connectivity index (χ4v) is 15.6. The number of allylic oxidation sites excluding steroid dienone is 2. The van der Waals surface area contributed by atoms with Crippen LogP contribution in [0.25, 0.3) is 57.9 Å². The Labute approximate surface area is 729 Å². The maximum atomic E-state index is 12.4. The van der Waals surface area contributed by atoms with Crippen LogP contribution in [0.5, 0.6) is 5.75 Å². The number of aryl methyl sites for hydroxylation is 7. The summed E-state index contributed by atoms with van der Waals surface area (Å²) in [6.45, 7) is 21.8. The molecule has 28 heteroatoms. The second-order valence-corrected chi connectivity index (χ2v) is 32.0. The molecule has 0 fully saturated rings. The van der Waals surface area contributed by atoms with Crippen LogP contribution in [0, 0.1) is 60.8 Å². The topological polar surface area (TPSA) is 335 Å². The minimum Gasteiger partial charge on any atom is -0.726 e. The number of para-hydroxylation sites is 4. The Morgan fingerprint density at radius 3 is 1.64 bits per heavy atom. The van der Waals surface area contributed by atoms with Crippen molar-refractivity contribution in [1.82, 2.24) is 34.1 Å². The molecule has 1 atom stereocenters. The van der Waals surface area contributed by atoms with Gasteiger partial charge in [-0.2, -0.15) is 0 Å². The van der Waals surface area contributed by atoms with Gasteiger partial charge in [-0.25, -0.2) is 28.4 Å². The van der Waals surface area contributed by atoms with Crippen LogP contribution in [-0.2, 0) is 78.8 Å². The average Bonchev–Trinajstić information content (AvgIpc) is 1.63. The number of hydrogen-bond acceptors (Lipinski definition) is 18. The molecule has 6 N–H and O–H groups in total. The van der Waals surface area contributed by atoms with Crippen LogP contribution in [0.4, 0.5) is 5.69 Å². The van der Waals surface area contributed by atoms with E-state index in [1.807, 2.05) is 217 Å². The van der Waals surface area contributed by atoms with E-state index in [0.29, 0.717) is 47.9 Å². The van der Waals surface area contributed by atoms with Crippen LogP contribution in [0.15, 0.2) is 206 Å². The number of nitrogens with zero attached hydrogens (tertiary/aromatic N) is 7. The Bertz CT molecular complexity index is 6550. The third kappa shape index (κ3) is 20.4. The number of aliphatic imine (C=N–C) groups is 3. The zero-order valence-corrected chi connectivity index (χ0v) is 74.5. The number of carbonyl (C=O) groups is 3. The number of carboxylic acid groups (broad SMARTS) is 1. The number of ether oxygens (including phenoxy) is 6. The number of aliphatic carboxylic acids is 1. The van der Waals surface area contributed by atoms with E-state index >= 15 is 0 Å². The van der Waals surface area contributed by atoms with E-state index in [2.05, 4.69) is 79.4 Å². The Kier molecular flexibility index (Phi) is 27.7. The summed E-state index contributed by atoms with van der Waals surface area (Å²) in [6.07, 6.45) is 17.4. The molecule has 5 aliphatic heterocycles. The van der Waals surface area contributed by atoms with Crippen LogP contribution in [0.1, 0.15) is 118 Å². The molecule has 0 radical (unpaired) electrons. The summed E-state index contributed by atoms with van der Waals surface area (Å²) in [4.78, 5) is 73.4. The van der Waals surface area contributed by atoms with Gasteiger partial charge in [0.25, 0.3) is 0 Å². The summed E-state index contributed by atoms with van der Waals surface area (Å²) >= 11 is 0. The molecule has 0 bridgehead atoms. The minimum atomic E-state index is -4.74. The van der Waals surface area contributed by atoms with Crippen LogP contribution in [-0.4, -0.2) is 142 Å². The maximum Gasteiger partial charge on any atom is 1.00 e. The van der Waals surface area contributed by atoms with Crippen molar-refractivity contribution >= 4 is 109 Å². The Morgan fingerprint density at radius 1 is 0.590 bits per heavy atom. The molecule has 12 heterocycles. The van der Waals surface area contributed by atoms with Crippen molar-refractivity contribution in [2.24, 2.45) is 25.4 Å². The minimum absolute atomic E-state index is 0. The van der Waals surface area contributed by atoms with Crippen molar-refractivity contribution in [2.75, 3.05) is 53.6 Å². The molecule has 11 aromatic rings. The number of aromatic nitrogens is 7. The summed E-state index contributed by atoms with van der Waals surface area (Å²) in [7, 11) is 3.20. The first-order valence-electron chi connectivity index (χ1n) is 39.5. The SMILES string of the molecule is COC(=O)CCc1c(C)[nH]c(/C=c2\[nH]c(=C3C=c4ccccc4=N3)cc2OC)c1C.COC1=CC(C2Cc3ccccc3N2CCOS(=O)(=O)[O-])=N/C1=C\c1[nH]c(C)cc1C.COC1=CC(c2cc3ccccc3n2CC(=O)O)=N/C1=C\c1[nH]c(C)cc1C.COC1=CC(c2cc3ccccc3n2COC(=O)C(C)(C)C)=N/C1=C\c1[nH]c(C)cc1C.[Na+]. The van der Waals surface area contributed by atoms with Crippen molar-refractivity contribution in [1.29, 1.82) is 0 Å². The number of hydrogen-bond donors (Lipinski definition) is 6. The number of methoxy groups -OCH3 is 5. The maximum absolute atomic E-state index is 12.4. The summed E-state index contributed by atoms with van der Waals surface area (Å²) in [6, 6.07) is 43.8. The quantitative estimate of drug-likeness (QED) is 0.0159. The van der Waals surface area contributed by atoms with E-state index in [0.717, 1.165) is 173 Å². The number of anilines is 1. The van der Waals surface area contributed by atoms with Crippen LogP contribution in [0.3, 0.4) is 0 Å². The van der Waals surface area contributed by atoms with Gasteiger partial charge in [-0.05, 0) is 201 Å². The van der Waals surface area contributed by atoms with E-state index < -0.39 is 21.8 Å².